The Morgan fingerprint density at radius 1 is 1.17 bits per heavy atom. The van der Waals surface area contributed by atoms with Crippen molar-refractivity contribution in [1.82, 2.24) is 4.98 Å². The van der Waals surface area contributed by atoms with Gasteiger partial charge in [0.1, 0.15) is 22.4 Å². The van der Waals surface area contributed by atoms with Crippen LogP contribution in [0.25, 0.3) is 16.8 Å². The lowest BCUT2D eigenvalue weighted by Gasteiger charge is -2.19. The molecule has 0 fully saturated rings. The highest BCUT2D eigenvalue weighted by atomic mass is 32.1. The molecule has 2 heterocycles. The molecule has 0 bridgehead atoms. The number of nitrogens with zero attached hydrogens (tertiary/aromatic N) is 2. The van der Waals surface area contributed by atoms with E-state index in [4.69, 9.17) is 15.1 Å². The summed E-state index contributed by atoms with van der Waals surface area (Å²) >= 11 is 1.45. The van der Waals surface area contributed by atoms with Crippen molar-refractivity contribution in [3.63, 3.8) is 0 Å². The summed E-state index contributed by atoms with van der Waals surface area (Å²) in [6.45, 7) is 7.14. The van der Waals surface area contributed by atoms with Crippen LogP contribution in [-0.2, 0) is 0 Å². The summed E-state index contributed by atoms with van der Waals surface area (Å²) < 4.78 is 5.72. The lowest BCUT2D eigenvalue weighted by atomic mass is 10.1. The molecule has 5 nitrogen and oxygen atoms in total. The number of anilines is 1. The van der Waals surface area contributed by atoms with Crippen LogP contribution >= 0.6 is 11.3 Å². The van der Waals surface area contributed by atoms with E-state index in [1.54, 1.807) is 4.90 Å². The molecule has 1 aromatic heterocycles. The fraction of sp³-hybridized carbons (Fsp3) is 0.250. The number of aryl methyl sites for hydroxylation is 2. The molecule has 0 saturated heterocycles. The monoisotopic (exact) mass is 419 g/mol. The summed E-state index contributed by atoms with van der Waals surface area (Å²) in [5.41, 5.74) is 5.68. The van der Waals surface area contributed by atoms with Gasteiger partial charge in [0, 0.05) is 22.7 Å². The van der Waals surface area contributed by atoms with Gasteiger partial charge in [0.2, 0.25) is 0 Å². The van der Waals surface area contributed by atoms with E-state index in [0.717, 1.165) is 29.1 Å². The predicted octanol–water partition coefficient (Wildman–Crippen LogP) is 5.98. The molecule has 1 aliphatic rings. The van der Waals surface area contributed by atoms with Crippen LogP contribution in [0.5, 0.6) is 5.75 Å². The van der Waals surface area contributed by atoms with Gasteiger partial charge in [-0.3, -0.25) is 5.41 Å². The van der Waals surface area contributed by atoms with Gasteiger partial charge in [-0.2, -0.15) is 0 Å². The fourth-order valence-corrected chi connectivity index (χ4v) is 4.30. The minimum Gasteiger partial charge on any atom is -0.510 e. The first-order valence-corrected chi connectivity index (χ1v) is 10.9. The second-order valence-corrected chi connectivity index (χ2v) is 8.30. The van der Waals surface area contributed by atoms with Gasteiger partial charge in [0.15, 0.2) is 0 Å². The van der Waals surface area contributed by atoms with Crippen molar-refractivity contribution < 1.29 is 9.84 Å². The van der Waals surface area contributed by atoms with Crippen molar-refractivity contribution in [2.75, 3.05) is 18.1 Å². The topological polar surface area (TPSA) is 69.4 Å². The Morgan fingerprint density at radius 2 is 2.00 bits per heavy atom. The van der Waals surface area contributed by atoms with Crippen LogP contribution in [0.4, 0.5) is 5.69 Å². The Morgan fingerprint density at radius 3 is 2.77 bits per heavy atom. The zero-order valence-corrected chi connectivity index (χ0v) is 18.2. The summed E-state index contributed by atoms with van der Waals surface area (Å²) in [6, 6.07) is 13.9. The number of aliphatic hydroxyl groups is 1. The average Bonchev–Trinajstić information content (AvgIpc) is 3.33. The first-order valence-electron chi connectivity index (χ1n) is 10.0. The standard InChI is InChI=1S/C24H25N3O2S/c1-4-10-29-19-7-5-6-18(12-19)27-13-21(28)22(23(27)25)24-26-20(14-30-24)17-9-8-15(2)16(3)11-17/h5-9,11-12,14,25,28H,4,10,13H2,1-3H3. The van der Waals surface area contributed by atoms with Crippen molar-refractivity contribution in [2.24, 2.45) is 0 Å². The van der Waals surface area contributed by atoms with Crippen LogP contribution in [0, 0.1) is 19.3 Å². The third-order valence-corrected chi connectivity index (χ3v) is 6.09. The zero-order chi connectivity index (χ0) is 21.3. The van der Waals surface area contributed by atoms with E-state index in [0.29, 0.717) is 17.2 Å². The summed E-state index contributed by atoms with van der Waals surface area (Å²) in [6.07, 6.45) is 0.934. The van der Waals surface area contributed by atoms with Crippen molar-refractivity contribution >= 4 is 28.4 Å². The maximum atomic E-state index is 10.6. The normalized spacial score (nSPS) is 14.0. The third kappa shape index (κ3) is 3.83. The summed E-state index contributed by atoms with van der Waals surface area (Å²) in [7, 11) is 0. The highest BCUT2D eigenvalue weighted by Gasteiger charge is 2.31. The lowest BCUT2D eigenvalue weighted by Crippen LogP contribution is -2.26. The minimum absolute atomic E-state index is 0.167. The zero-order valence-electron chi connectivity index (χ0n) is 17.4. The number of ether oxygens (including phenoxy) is 1. The molecule has 0 aliphatic carbocycles. The van der Waals surface area contributed by atoms with Gasteiger partial charge >= 0.3 is 0 Å². The molecule has 0 spiro atoms. The van der Waals surface area contributed by atoms with Crippen LogP contribution in [0.2, 0.25) is 0 Å². The Labute approximate surface area is 180 Å². The van der Waals surface area contributed by atoms with Crippen molar-refractivity contribution in [1.29, 1.82) is 5.41 Å². The highest BCUT2D eigenvalue weighted by Crippen LogP contribution is 2.35. The molecule has 1 aliphatic heterocycles. The molecule has 2 N–H and O–H groups in total. The average molecular weight is 420 g/mol. The van der Waals surface area contributed by atoms with E-state index in [2.05, 4.69) is 39.0 Å². The molecule has 0 amide bonds. The molecule has 30 heavy (non-hydrogen) atoms. The van der Waals surface area contributed by atoms with Gasteiger partial charge in [-0.1, -0.05) is 25.1 Å². The summed E-state index contributed by atoms with van der Waals surface area (Å²) in [5, 5.41) is 22.0. The van der Waals surface area contributed by atoms with Gasteiger partial charge < -0.3 is 14.7 Å². The minimum atomic E-state index is 0.167. The Bertz CT molecular complexity index is 1130. The molecule has 0 saturated carbocycles. The Hall–Kier alpha value is -3.12. The van der Waals surface area contributed by atoms with E-state index >= 15 is 0 Å². The number of hydrogen-bond acceptors (Lipinski definition) is 5. The fourth-order valence-electron chi connectivity index (χ4n) is 3.41. The molecule has 2 aromatic carbocycles. The van der Waals surface area contributed by atoms with Gasteiger partial charge in [-0.15, -0.1) is 11.3 Å². The number of nitrogens with one attached hydrogen (secondary N) is 1. The number of aliphatic hydroxyl groups excluding tert-OH is 1. The highest BCUT2D eigenvalue weighted by molar-refractivity contribution is 7.11. The third-order valence-electron chi connectivity index (χ3n) is 5.23. The smallest absolute Gasteiger partial charge is 0.139 e. The van der Waals surface area contributed by atoms with E-state index in [1.807, 2.05) is 29.6 Å². The molecule has 0 radical (unpaired) electrons. The maximum absolute atomic E-state index is 10.6. The van der Waals surface area contributed by atoms with Crippen LogP contribution in [0.3, 0.4) is 0 Å². The van der Waals surface area contributed by atoms with Crippen molar-refractivity contribution in [3.05, 3.63) is 69.7 Å². The van der Waals surface area contributed by atoms with Gasteiger partial charge in [0.05, 0.1) is 24.4 Å². The Balaban J connectivity index is 1.59. The van der Waals surface area contributed by atoms with Crippen molar-refractivity contribution in [2.45, 2.75) is 27.2 Å². The number of benzene rings is 2. The van der Waals surface area contributed by atoms with Crippen LogP contribution in [0.1, 0.15) is 29.5 Å². The molecule has 4 rings (SSSR count). The summed E-state index contributed by atoms with van der Waals surface area (Å²) in [4.78, 5) is 6.51. The van der Waals surface area contributed by atoms with Gasteiger partial charge in [-0.25, -0.2) is 4.98 Å². The lowest BCUT2D eigenvalue weighted by molar-refractivity contribution is 0.317. The van der Waals surface area contributed by atoms with E-state index in [1.165, 1.54) is 22.5 Å². The molecular formula is C24H25N3O2S. The van der Waals surface area contributed by atoms with E-state index in [9.17, 15) is 5.11 Å². The number of aromatic nitrogens is 1. The van der Waals surface area contributed by atoms with Gasteiger partial charge in [0.25, 0.3) is 0 Å². The SMILES string of the molecule is CCCOc1cccc(N2CC(O)=C(c3nc(-c4ccc(C)c(C)c4)cs3)C2=N)c1. The van der Waals surface area contributed by atoms with Crippen LogP contribution in [-0.4, -0.2) is 29.1 Å². The molecule has 154 valence electrons. The largest absolute Gasteiger partial charge is 0.510 e. The molecule has 6 heteroatoms. The summed E-state index contributed by atoms with van der Waals surface area (Å²) in [5.74, 6) is 1.18. The first kappa shape index (κ1) is 20.2. The quantitative estimate of drug-likeness (QED) is 0.515. The van der Waals surface area contributed by atoms with Crippen molar-refractivity contribution in [3.8, 4) is 17.0 Å². The number of thiazole rings is 1. The number of amidine groups is 1. The Kier molecular flexibility index (Phi) is 5.59. The molecular weight excluding hydrogens is 394 g/mol. The van der Waals surface area contributed by atoms with Crippen LogP contribution in [0.15, 0.2) is 53.6 Å². The second-order valence-electron chi connectivity index (χ2n) is 7.44. The van der Waals surface area contributed by atoms with E-state index < -0.39 is 0 Å². The molecule has 0 atom stereocenters. The molecule has 0 unspecified atom stereocenters. The number of hydrogen-bond donors (Lipinski definition) is 2. The predicted molar refractivity (Wildman–Crippen MR) is 124 cm³/mol. The second kappa shape index (κ2) is 8.32. The maximum Gasteiger partial charge on any atom is 0.139 e. The number of rotatable bonds is 6. The molecule has 3 aromatic rings. The van der Waals surface area contributed by atoms with E-state index in [-0.39, 0.29) is 18.1 Å². The van der Waals surface area contributed by atoms with Crippen LogP contribution < -0.4 is 9.64 Å². The first-order chi connectivity index (χ1) is 14.5. The van der Waals surface area contributed by atoms with Gasteiger partial charge in [-0.05, 0) is 49.6 Å².